The predicted molar refractivity (Wildman–Crippen MR) is 119 cm³/mol. The third-order valence-corrected chi connectivity index (χ3v) is 5.19. The van der Waals surface area contributed by atoms with Gasteiger partial charge >= 0.3 is 5.69 Å². The fraction of sp³-hybridized carbons (Fsp3) is 0.130. The Morgan fingerprint density at radius 1 is 1.06 bits per heavy atom. The highest BCUT2D eigenvalue weighted by molar-refractivity contribution is 6.31. The molecule has 4 rings (SSSR count). The van der Waals surface area contributed by atoms with Crippen molar-refractivity contribution in [1.82, 2.24) is 14.5 Å². The minimum absolute atomic E-state index is 0.152. The maximum absolute atomic E-state index is 13.4. The third kappa shape index (κ3) is 4.13. The lowest BCUT2D eigenvalue weighted by Gasteiger charge is -2.15. The van der Waals surface area contributed by atoms with Crippen LogP contribution in [0.5, 0.6) is 0 Å². The molecule has 1 N–H and O–H groups in total. The zero-order chi connectivity index (χ0) is 22.8. The van der Waals surface area contributed by atoms with Crippen molar-refractivity contribution in [3.8, 4) is 5.69 Å². The van der Waals surface area contributed by atoms with Crippen LogP contribution in [0.4, 0.5) is 0 Å². The number of benzene rings is 2. The largest absolute Gasteiger partial charge is 0.467 e. The summed E-state index contributed by atoms with van der Waals surface area (Å²) in [5, 5.41) is 3.21. The molecule has 0 bridgehead atoms. The van der Waals surface area contributed by atoms with Crippen LogP contribution in [0.2, 0.25) is 5.02 Å². The van der Waals surface area contributed by atoms with E-state index in [0.717, 1.165) is 4.57 Å². The van der Waals surface area contributed by atoms with E-state index < -0.39 is 17.2 Å². The Kier molecular flexibility index (Phi) is 5.79. The topological polar surface area (TPSA) is 103 Å². The second-order valence-corrected chi connectivity index (χ2v) is 7.57. The number of amides is 1. The van der Waals surface area contributed by atoms with Crippen LogP contribution >= 0.6 is 11.6 Å². The summed E-state index contributed by atoms with van der Waals surface area (Å²) < 4.78 is 7.32. The van der Waals surface area contributed by atoms with Crippen molar-refractivity contribution in [3.63, 3.8) is 0 Å². The molecule has 2 heterocycles. The number of aromatic nitrogens is 2. The number of carbonyl (C=O) groups excluding carboxylic acids is 2. The molecule has 1 amide bonds. The van der Waals surface area contributed by atoms with E-state index in [2.05, 4.69) is 5.32 Å². The number of hydrogen-bond donors (Lipinski definition) is 1. The maximum atomic E-state index is 13.4. The lowest BCUT2D eigenvalue weighted by molar-refractivity contribution is -0.121. The van der Waals surface area contributed by atoms with Gasteiger partial charge in [0.1, 0.15) is 12.3 Å². The lowest BCUT2D eigenvalue weighted by atomic mass is 10.1. The van der Waals surface area contributed by atoms with Gasteiger partial charge in [-0.3, -0.25) is 19.0 Å². The highest BCUT2D eigenvalue weighted by atomic mass is 35.5. The van der Waals surface area contributed by atoms with E-state index in [-0.39, 0.29) is 35.5 Å². The second kappa shape index (κ2) is 8.68. The summed E-state index contributed by atoms with van der Waals surface area (Å²) in [6, 6.07) is 14.1. The van der Waals surface area contributed by atoms with Gasteiger partial charge in [-0.15, -0.1) is 0 Å². The Morgan fingerprint density at radius 3 is 2.59 bits per heavy atom. The molecule has 0 spiro atoms. The van der Waals surface area contributed by atoms with Gasteiger partial charge in [-0.05, 0) is 49.4 Å². The molecule has 0 saturated heterocycles. The normalized spacial score (nSPS) is 10.9. The Bertz CT molecular complexity index is 1450. The van der Waals surface area contributed by atoms with Crippen LogP contribution in [0, 0.1) is 0 Å². The van der Waals surface area contributed by atoms with Crippen LogP contribution in [-0.2, 0) is 17.9 Å². The number of halogens is 1. The zero-order valence-corrected chi connectivity index (χ0v) is 17.8. The molecule has 162 valence electrons. The maximum Gasteiger partial charge on any atom is 0.336 e. The van der Waals surface area contributed by atoms with Gasteiger partial charge in [0.2, 0.25) is 5.91 Å². The van der Waals surface area contributed by atoms with Crippen LogP contribution in [0.1, 0.15) is 23.0 Å². The number of rotatable bonds is 6. The number of fused-ring (bicyclic) bond motifs is 1. The molecule has 0 aliphatic rings. The Morgan fingerprint density at radius 2 is 1.88 bits per heavy atom. The Hall–Kier alpha value is -3.91. The van der Waals surface area contributed by atoms with Crippen molar-refractivity contribution in [2.75, 3.05) is 0 Å². The molecular formula is C23H18ClN3O5. The van der Waals surface area contributed by atoms with E-state index in [0.29, 0.717) is 16.3 Å². The van der Waals surface area contributed by atoms with Crippen LogP contribution in [0.25, 0.3) is 16.6 Å². The number of nitrogens with one attached hydrogen (secondary N) is 1. The van der Waals surface area contributed by atoms with Crippen LogP contribution in [-0.4, -0.2) is 20.8 Å². The van der Waals surface area contributed by atoms with E-state index >= 15 is 0 Å². The Labute approximate surface area is 186 Å². The summed E-state index contributed by atoms with van der Waals surface area (Å²) in [5.74, 6) is -0.0952. The molecule has 0 unspecified atom stereocenters. The molecule has 9 heteroatoms. The SMILES string of the molecule is CC(=O)c1cccc(-n2c(=O)c3ccc(Cl)cc3n(CC(=O)NCc3ccco3)c2=O)c1. The van der Waals surface area contributed by atoms with Crippen LogP contribution in [0.3, 0.4) is 0 Å². The molecule has 0 radical (unpaired) electrons. The van der Waals surface area contributed by atoms with E-state index in [1.165, 1.54) is 42.0 Å². The number of hydrogen-bond acceptors (Lipinski definition) is 5. The van der Waals surface area contributed by atoms with Crippen LogP contribution in [0.15, 0.2) is 74.9 Å². The molecule has 0 aliphatic carbocycles. The summed E-state index contributed by atoms with van der Waals surface area (Å²) in [4.78, 5) is 50.9. The fourth-order valence-corrected chi connectivity index (χ4v) is 3.55. The first-order chi connectivity index (χ1) is 15.3. The quantitative estimate of drug-likeness (QED) is 0.454. The summed E-state index contributed by atoms with van der Waals surface area (Å²) in [6.45, 7) is 1.20. The first kappa shape index (κ1) is 21.3. The van der Waals surface area contributed by atoms with Gasteiger partial charge in [0.05, 0.1) is 29.4 Å². The molecule has 32 heavy (non-hydrogen) atoms. The van der Waals surface area contributed by atoms with E-state index in [4.69, 9.17) is 16.0 Å². The summed E-state index contributed by atoms with van der Waals surface area (Å²) >= 11 is 6.10. The smallest absolute Gasteiger partial charge is 0.336 e. The molecule has 0 saturated carbocycles. The number of nitrogens with zero attached hydrogens (tertiary/aromatic N) is 2. The standard InChI is InChI=1S/C23H18ClN3O5/c1-14(28)15-4-2-5-17(10-15)27-22(30)19-8-7-16(24)11-20(19)26(23(27)31)13-21(29)25-12-18-6-3-9-32-18/h2-11H,12-13H2,1H3,(H,25,29). The lowest BCUT2D eigenvalue weighted by Crippen LogP contribution is -2.41. The van der Waals surface area contributed by atoms with Crippen molar-refractivity contribution < 1.29 is 14.0 Å². The molecule has 0 fully saturated rings. The van der Waals surface area contributed by atoms with Gasteiger partial charge in [0.15, 0.2) is 5.78 Å². The zero-order valence-electron chi connectivity index (χ0n) is 17.0. The summed E-state index contributed by atoms with van der Waals surface area (Å²) in [5.41, 5.74) is -0.477. The number of furan rings is 1. The molecular weight excluding hydrogens is 434 g/mol. The number of Topliss-reactive ketones (excluding diaryl/α,β-unsaturated/α-hetero) is 1. The summed E-state index contributed by atoms with van der Waals surface area (Å²) in [7, 11) is 0. The Balaban J connectivity index is 1.84. The molecule has 2 aromatic heterocycles. The van der Waals surface area contributed by atoms with Crippen LogP contribution < -0.4 is 16.6 Å². The second-order valence-electron chi connectivity index (χ2n) is 7.13. The van der Waals surface area contributed by atoms with Crippen molar-refractivity contribution in [1.29, 1.82) is 0 Å². The molecule has 2 aromatic carbocycles. The molecule has 0 aliphatic heterocycles. The first-order valence-electron chi connectivity index (χ1n) is 9.70. The van der Waals surface area contributed by atoms with Gasteiger partial charge in [0, 0.05) is 10.6 Å². The highest BCUT2D eigenvalue weighted by Gasteiger charge is 2.18. The van der Waals surface area contributed by atoms with Crippen molar-refractivity contribution in [3.05, 3.63) is 98.0 Å². The van der Waals surface area contributed by atoms with Crippen molar-refractivity contribution in [2.45, 2.75) is 20.0 Å². The molecule has 4 aromatic rings. The van der Waals surface area contributed by atoms with Gasteiger partial charge in [-0.2, -0.15) is 0 Å². The minimum atomic E-state index is -0.724. The third-order valence-electron chi connectivity index (χ3n) is 4.96. The monoisotopic (exact) mass is 451 g/mol. The average molecular weight is 452 g/mol. The van der Waals surface area contributed by atoms with E-state index in [1.807, 2.05) is 0 Å². The highest BCUT2D eigenvalue weighted by Crippen LogP contribution is 2.17. The number of carbonyl (C=O) groups is 2. The van der Waals surface area contributed by atoms with Crippen molar-refractivity contribution >= 4 is 34.2 Å². The van der Waals surface area contributed by atoms with E-state index in [1.54, 1.807) is 30.3 Å². The van der Waals surface area contributed by atoms with Gasteiger partial charge in [-0.1, -0.05) is 23.7 Å². The molecule has 8 nitrogen and oxygen atoms in total. The average Bonchev–Trinajstić information content (AvgIpc) is 3.29. The minimum Gasteiger partial charge on any atom is -0.467 e. The summed E-state index contributed by atoms with van der Waals surface area (Å²) in [6.07, 6.45) is 1.49. The number of ketones is 1. The molecule has 0 atom stereocenters. The van der Waals surface area contributed by atoms with Gasteiger partial charge < -0.3 is 9.73 Å². The van der Waals surface area contributed by atoms with Gasteiger partial charge in [0.25, 0.3) is 5.56 Å². The fourth-order valence-electron chi connectivity index (χ4n) is 3.38. The first-order valence-corrected chi connectivity index (χ1v) is 10.1. The van der Waals surface area contributed by atoms with Gasteiger partial charge in [-0.25, -0.2) is 9.36 Å². The predicted octanol–water partition coefficient (Wildman–Crippen LogP) is 2.92. The van der Waals surface area contributed by atoms with E-state index in [9.17, 15) is 19.2 Å². The van der Waals surface area contributed by atoms with Crippen molar-refractivity contribution in [2.24, 2.45) is 0 Å².